The van der Waals surface area contributed by atoms with E-state index < -0.39 is 24.7 Å². The van der Waals surface area contributed by atoms with Crippen LogP contribution in [-0.2, 0) is 4.79 Å². The molecule has 4 heterocycles. The van der Waals surface area contributed by atoms with Crippen LogP contribution in [0.15, 0.2) is 30.9 Å². The number of anilines is 1. The average molecular weight is 432 g/mol. The van der Waals surface area contributed by atoms with Crippen LogP contribution in [-0.4, -0.2) is 65.2 Å². The van der Waals surface area contributed by atoms with Gasteiger partial charge in [-0.1, -0.05) is 0 Å². The van der Waals surface area contributed by atoms with Crippen molar-refractivity contribution in [3.05, 3.63) is 30.9 Å². The Kier molecular flexibility index (Phi) is 5.19. The number of amides is 1. The molecule has 0 radical (unpaired) electrons. The van der Waals surface area contributed by atoms with Gasteiger partial charge in [-0.2, -0.15) is 18.4 Å². The quantitative estimate of drug-likeness (QED) is 0.359. The van der Waals surface area contributed by atoms with Crippen molar-refractivity contribution in [3.63, 3.8) is 0 Å². The van der Waals surface area contributed by atoms with Gasteiger partial charge in [-0.3, -0.25) is 4.79 Å². The third-order valence-corrected chi connectivity index (χ3v) is 4.28. The summed E-state index contributed by atoms with van der Waals surface area (Å²) in [5, 5.41) is 19.1. The van der Waals surface area contributed by atoms with Gasteiger partial charge in [-0.15, -0.1) is 10.2 Å². The minimum atomic E-state index is -4.50. The van der Waals surface area contributed by atoms with Gasteiger partial charge in [-0.25, -0.2) is 15.0 Å². The second-order valence-electron chi connectivity index (χ2n) is 6.55. The van der Waals surface area contributed by atoms with E-state index in [0.717, 1.165) is 0 Å². The van der Waals surface area contributed by atoms with Crippen LogP contribution < -0.4 is 10.6 Å². The van der Waals surface area contributed by atoms with Gasteiger partial charge >= 0.3 is 6.18 Å². The van der Waals surface area contributed by atoms with E-state index in [1.54, 1.807) is 24.5 Å². The molecule has 0 saturated carbocycles. The molecule has 1 amide bonds. The molecular weight excluding hydrogens is 417 g/mol. The van der Waals surface area contributed by atoms with E-state index in [0.29, 0.717) is 27.9 Å². The summed E-state index contributed by atoms with van der Waals surface area (Å²) in [6, 6.07) is 2.28. The number of aromatic amines is 2. The number of tetrazole rings is 1. The molecule has 0 fully saturated rings. The van der Waals surface area contributed by atoms with E-state index in [1.807, 2.05) is 5.32 Å². The molecule has 160 valence electrons. The number of halogens is 3. The SMILES string of the molecule is CC(Nc1cc(-c2nn[nH]n2)cc(-c2c[nH]c3ncncc23)n1)C(=O)NCC(F)(F)F. The fourth-order valence-electron chi connectivity index (χ4n) is 2.86. The Labute approximate surface area is 171 Å². The number of hydrogen-bond donors (Lipinski definition) is 4. The topological polar surface area (TPSA) is 150 Å². The number of pyridine rings is 1. The summed E-state index contributed by atoms with van der Waals surface area (Å²) in [5.74, 6) is -0.318. The number of H-pyrrole nitrogens is 2. The Morgan fingerprint density at radius 3 is 2.87 bits per heavy atom. The molecule has 31 heavy (non-hydrogen) atoms. The highest BCUT2D eigenvalue weighted by Crippen LogP contribution is 2.30. The summed E-state index contributed by atoms with van der Waals surface area (Å²) in [7, 11) is 0. The number of nitrogens with one attached hydrogen (secondary N) is 4. The fraction of sp³-hybridized carbons (Fsp3) is 0.235. The molecule has 0 bridgehead atoms. The van der Waals surface area contributed by atoms with E-state index in [1.165, 1.54) is 13.3 Å². The first-order valence-electron chi connectivity index (χ1n) is 8.94. The third kappa shape index (κ3) is 4.57. The number of fused-ring (bicyclic) bond motifs is 1. The minimum absolute atomic E-state index is 0.234. The van der Waals surface area contributed by atoms with Gasteiger partial charge in [0.15, 0.2) is 0 Å². The van der Waals surface area contributed by atoms with Crippen molar-refractivity contribution in [2.75, 3.05) is 11.9 Å². The Morgan fingerprint density at radius 2 is 2.13 bits per heavy atom. The molecule has 14 heteroatoms. The van der Waals surface area contributed by atoms with Crippen LogP contribution in [0.3, 0.4) is 0 Å². The van der Waals surface area contributed by atoms with E-state index >= 15 is 0 Å². The lowest BCUT2D eigenvalue weighted by Crippen LogP contribution is -2.42. The van der Waals surface area contributed by atoms with Crippen LogP contribution in [0.25, 0.3) is 33.7 Å². The monoisotopic (exact) mass is 432 g/mol. The smallest absolute Gasteiger partial charge is 0.359 e. The second kappa shape index (κ2) is 7.97. The Morgan fingerprint density at radius 1 is 1.29 bits per heavy atom. The number of carbonyl (C=O) groups excluding carboxylic acids is 1. The van der Waals surface area contributed by atoms with Crippen LogP contribution in [0.2, 0.25) is 0 Å². The van der Waals surface area contributed by atoms with Gasteiger partial charge in [-0.05, 0) is 24.3 Å². The molecule has 4 rings (SSSR count). The van der Waals surface area contributed by atoms with Crippen molar-refractivity contribution >= 4 is 22.8 Å². The van der Waals surface area contributed by atoms with Crippen LogP contribution in [0, 0.1) is 0 Å². The molecule has 0 aliphatic carbocycles. The average Bonchev–Trinajstić information content (AvgIpc) is 3.41. The number of nitrogens with zero attached hydrogens (tertiary/aromatic N) is 6. The second-order valence-corrected chi connectivity index (χ2v) is 6.55. The van der Waals surface area contributed by atoms with E-state index in [9.17, 15) is 18.0 Å². The van der Waals surface area contributed by atoms with E-state index in [-0.39, 0.29) is 11.6 Å². The van der Waals surface area contributed by atoms with Crippen molar-refractivity contribution in [2.45, 2.75) is 19.1 Å². The first-order valence-corrected chi connectivity index (χ1v) is 8.94. The maximum absolute atomic E-state index is 12.4. The Balaban J connectivity index is 1.67. The van der Waals surface area contributed by atoms with Gasteiger partial charge < -0.3 is 15.6 Å². The zero-order chi connectivity index (χ0) is 22.0. The highest BCUT2D eigenvalue weighted by atomic mass is 19.4. The van der Waals surface area contributed by atoms with Crippen molar-refractivity contribution in [3.8, 4) is 22.6 Å². The van der Waals surface area contributed by atoms with Gasteiger partial charge in [0.25, 0.3) is 0 Å². The molecule has 0 aliphatic heterocycles. The minimum Gasteiger partial charge on any atom is -0.359 e. The fourth-order valence-corrected chi connectivity index (χ4v) is 2.86. The third-order valence-electron chi connectivity index (χ3n) is 4.28. The van der Waals surface area contributed by atoms with Crippen molar-refractivity contribution in [2.24, 2.45) is 0 Å². The number of carbonyl (C=O) groups is 1. The number of alkyl halides is 3. The van der Waals surface area contributed by atoms with Gasteiger partial charge in [0, 0.05) is 28.9 Å². The first kappa shape index (κ1) is 20.2. The normalized spacial score (nSPS) is 12.6. The summed E-state index contributed by atoms with van der Waals surface area (Å²) < 4.78 is 37.1. The summed E-state index contributed by atoms with van der Waals surface area (Å²) in [4.78, 5) is 27.7. The Bertz CT molecular complexity index is 1200. The molecule has 0 saturated heterocycles. The van der Waals surface area contributed by atoms with Crippen molar-refractivity contribution < 1.29 is 18.0 Å². The molecule has 4 N–H and O–H groups in total. The zero-order valence-electron chi connectivity index (χ0n) is 15.9. The number of rotatable bonds is 6. The predicted octanol–water partition coefficient (Wildman–Crippen LogP) is 1.68. The molecule has 1 atom stereocenters. The Hall–Kier alpha value is -4.10. The van der Waals surface area contributed by atoms with E-state index in [4.69, 9.17) is 0 Å². The molecule has 4 aromatic heterocycles. The van der Waals surface area contributed by atoms with Crippen molar-refractivity contribution in [1.29, 1.82) is 0 Å². The van der Waals surface area contributed by atoms with Crippen LogP contribution in [0.1, 0.15) is 6.92 Å². The molecule has 0 spiro atoms. The van der Waals surface area contributed by atoms with E-state index in [2.05, 4.69) is 45.9 Å². The molecular formula is C17H15F3N10O. The maximum Gasteiger partial charge on any atom is 0.405 e. The van der Waals surface area contributed by atoms with Gasteiger partial charge in [0.2, 0.25) is 11.7 Å². The predicted molar refractivity (Wildman–Crippen MR) is 102 cm³/mol. The van der Waals surface area contributed by atoms with Crippen LogP contribution in [0.5, 0.6) is 0 Å². The summed E-state index contributed by atoms with van der Waals surface area (Å²) in [6.07, 6.45) is 0.221. The first-order chi connectivity index (χ1) is 14.8. The van der Waals surface area contributed by atoms with Gasteiger partial charge in [0.05, 0.1) is 5.69 Å². The molecule has 4 aromatic rings. The lowest BCUT2D eigenvalue weighted by atomic mass is 10.1. The molecule has 11 nitrogen and oxygen atoms in total. The summed E-state index contributed by atoms with van der Waals surface area (Å²) in [5.41, 5.74) is 2.29. The van der Waals surface area contributed by atoms with Crippen LogP contribution in [0.4, 0.5) is 19.0 Å². The highest BCUT2D eigenvalue weighted by molar-refractivity contribution is 5.93. The zero-order valence-corrected chi connectivity index (χ0v) is 15.9. The number of aromatic nitrogens is 8. The highest BCUT2D eigenvalue weighted by Gasteiger charge is 2.28. The molecule has 0 aromatic carbocycles. The summed E-state index contributed by atoms with van der Waals surface area (Å²) >= 11 is 0. The lowest BCUT2D eigenvalue weighted by molar-refractivity contribution is -0.138. The number of hydrogen-bond acceptors (Lipinski definition) is 8. The van der Waals surface area contributed by atoms with Gasteiger partial charge in [0.1, 0.15) is 30.4 Å². The standard InChI is InChI=1S/C17H15F3N10O/c1-8(16(31)23-6-17(18,19)20)25-13-3-9(14-27-29-30-28-14)2-12(26-13)10-5-22-15-11(10)4-21-7-24-15/h2-5,7-8H,6H2,1H3,(H,23,31)(H,25,26)(H,21,22,24)(H,27,28,29,30). The summed E-state index contributed by atoms with van der Waals surface area (Å²) in [6.45, 7) is 0.00237. The molecule has 0 aliphatic rings. The van der Waals surface area contributed by atoms with Crippen LogP contribution >= 0.6 is 0 Å². The molecule has 1 unspecified atom stereocenters. The lowest BCUT2D eigenvalue weighted by Gasteiger charge is -2.16. The van der Waals surface area contributed by atoms with Crippen molar-refractivity contribution in [1.82, 2.24) is 45.9 Å². The largest absolute Gasteiger partial charge is 0.405 e. The maximum atomic E-state index is 12.4.